The lowest BCUT2D eigenvalue weighted by atomic mass is 9.60. The molecule has 4 heteroatoms. The summed E-state index contributed by atoms with van der Waals surface area (Å²) >= 11 is 0. The number of rotatable bonds is 2. The summed E-state index contributed by atoms with van der Waals surface area (Å²) in [4.78, 5) is 23.2. The van der Waals surface area contributed by atoms with Gasteiger partial charge in [0.25, 0.3) is 0 Å². The van der Waals surface area contributed by atoms with Crippen LogP contribution in [0.5, 0.6) is 0 Å². The molecule has 0 bridgehead atoms. The molecule has 2 aliphatic rings. The van der Waals surface area contributed by atoms with E-state index in [0.29, 0.717) is 12.0 Å². The predicted octanol–water partition coefficient (Wildman–Crippen LogP) is 1.94. The molecule has 1 saturated carbocycles. The molecule has 0 unspecified atom stereocenters. The molecule has 0 aromatic rings. The first-order chi connectivity index (χ1) is 8.77. The zero-order valence-corrected chi connectivity index (χ0v) is 11.5. The van der Waals surface area contributed by atoms with E-state index in [1.807, 2.05) is 6.92 Å². The van der Waals surface area contributed by atoms with Crippen molar-refractivity contribution in [3.63, 3.8) is 0 Å². The summed E-state index contributed by atoms with van der Waals surface area (Å²) in [7, 11) is 0. The number of hydrogen-bond donors (Lipinski definition) is 2. The lowest BCUT2D eigenvalue weighted by molar-refractivity contribution is -0.140. The van der Waals surface area contributed by atoms with Crippen LogP contribution in [0.1, 0.15) is 33.6 Å². The van der Waals surface area contributed by atoms with Crippen molar-refractivity contribution in [2.45, 2.75) is 39.7 Å². The molecule has 0 amide bonds. The highest BCUT2D eigenvalue weighted by Gasteiger charge is 2.44. The van der Waals surface area contributed by atoms with Crippen molar-refractivity contribution >= 4 is 11.8 Å². The summed E-state index contributed by atoms with van der Waals surface area (Å²) in [5, 5.41) is 19.2. The summed E-state index contributed by atoms with van der Waals surface area (Å²) in [5.41, 5.74) is 0.655. The Kier molecular flexibility index (Phi) is 3.39. The maximum atomic E-state index is 12.1. The second-order valence-corrected chi connectivity index (χ2v) is 5.90. The van der Waals surface area contributed by atoms with Crippen molar-refractivity contribution in [3.05, 3.63) is 23.3 Å². The van der Waals surface area contributed by atoms with Gasteiger partial charge in [-0.05, 0) is 37.3 Å². The SMILES string of the molecule is C[C@@H](C(=O)O)C1=C[C@@]2(C)C(=CC1=O)[C@@H](O)CC[C@@H]2C. The number of fused-ring (bicyclic) bond motifs is 1. The normalized spacial score (nSPS) is 36.1. The molecule has 0 aromatic heterocycles. The molecule has 0 spiro atoms. The molecule has 0 saturated heterocycles. The van der Waals surface area contributed by atoms with Crippen molar-refractivity contribution in [3.8, 4) is 0 Å². The minimum Gasteiger partial charge on any atom is -0.481 e. The maximum Gasteiger partial charge on any atom is 0.310 e. The number of allylic oxidation sites excluding steroid dienone is 2. The minimum absolute atomic E-state index is 0.282. The topological polar surface area (TPSA) is 74.6 Å². The van der Waals surface area contributed by atoms with Crippen molar-refractivity contribution in [1.82, 2.24) is 0 Å². The molecule has 2 rings (SSSR count). The number of carbonyl (C=O) groups excluding carboxylic acids is 1. The Balaban J connectivity index is 2.47. The molecule has 0 heterocycles. The molecule has 0 aromatic carbocycles. The summed E-state index contributed by atoms with van der Waals surface area (Å²) in [6, 6.07) is 0. The van der Waals surface area contributed by atoms with Gasteiger partial charge in [0.1, 0.15) is 0 Å². The van der Waals surface area contributed by atoms with Crippen LogP contribution < -0.4 is 0 Å². The first kappa shape index (κ1) is 14.0. The van der Waals surface area contributed by atoms with Crippen molar-refractivity contribution in [1.29, 1.82) is 0 Å². The van der Waals surface area contributed by atoms with Gasteiger partial charge in [-0.15, -0.1) is 0 Å². The van der Waals surface area contributed by atoms with E-state index >= 15 is 0 Å². The first-order valence-corrected chi connectivity index (χ1v) is 6.67. The van der Waals surface area contributed by atoms with E-state index < -0.39 is 23.4 Å². The lowest BCUT2D eigenvalue weighted by Crippen LogP contribution is -2.41. The highest BCUT2D eigenvalue weighted by molar-refractivity contribution is 6.08. The zero-order valence-electron chi connectivity index (χ0n) is 11.5. The molecule has 2 aliphatic carbocycles. The van der Waals surface area contributed by atoms with Gasteiger partial charge in [-0.1, -0.05) is 19.9 Å². The monoisotopic (exact) mass is 264 g/mol. The van der Waals surface area contributed by atoms with E-state index in [9.17, 15) is 14.7 Å². The fourth-order valence-electron chi connectivity index (χ4n) is 3.07. The van der Waals surface area contributed by atoms with E-state index in [1.165, 1.54) is 13.0 Å². The minimum atomic E-state index is -0.996. The maximum absolute atomic E-state index is 12.1. The van der Waals surface area contributed by atoms with Crippen LogP contribution in [0.25, 0.3) is 0 Å². The van der Waals surface area contributed by atoms with Gasteiger partial charge in [0.2, 0.25) is 0 Å². The highest BCUT2D eigenvalue weighted by atomic mass is 16.4. The van der Waals surface area contributed by atoms with Crippen LogP contribution >= 0.6 is 0 Å². The standard InChI is InChI=1S/C15H20O4/c1-8-4-5-12(16)11-6-13(17)10(7-15(8,11)3)9(2)14(18)19/h6-9,12,16H,4-5H2,1-3H3,(H,18,19)/t8-,9+,12-,15+/m0/s1. The zero-order chi connectivity index (χ0) is 14.4. The summed E-state index contributed by atoms with van der Waals surface area (Å²) < 4.78 is 0. The second kappa shape index (κ2) is 4.60. The smallest absolute Gasteiger partial charge is 0.310 e. The molecule has 2 N–H and O–H groups in total. The summed E-state index contributed by atoms with van der Waals surface area (Å²) in [6.45, 7) is 5.58. The molecule has 4 atom stereocenters. The van der Waals surface area contributed by atoms with Crippen LogP contribution in [0.15, 0.2) is 23.3 Å². The van der Waals surface area contributed by atoms with Crippen LogP contribution in [-0.4, -0.2) is 28.1 Å². The van der Waals surface area contributed by atoms with Gasteiger partial charge in [-0.2, -0.15) is 0 Å². The number of aliphatic hydroxyl groups excluding tert-OH is 1. The Bertz CT molecular complexity index is 488. The molecule has 1 fully saturated rings. The predicted molar refractivity (Wildman–Crippen MR) is 70.5 cm³/mol. The Morgan fingerprint density at radius 3 is 2.68 bits per heavy atom. The summed E-state index contributed by atoms with van der Waals surface area (Å²) in [6.07, 6.45) is 4.16. The second-order valence-electron chi connectivity index (χ2n) is 5.90. The third-order valence-corrected chi connectivity index (χ3v) is 4.74. The van der Waals surface area contributed by atoms with Crippen LogP contribution in [-0.2, 0) is 9.59 Å². The Hall–Kier alpha value is -1.42. The van der Waals surface area contributed by atoms with Gasteiger partial charge in [0.05, 0.1) is 12.0 Å². The van der Waals surface area contributed by atoms with E-state index in [2.05, 4.69) is 6.92 Å². The van der Waals surface area contributed by atoms with Gasteiger partial charge in [0.15, 0.2) is 5.78 Å². The Morgan fingerprint density at radius 1 is 1.47 bits per heavy atom. The molecule has 0 radical (unpaired) electrons. The van der Waals surface area contributed by atoms with E-state index in [0.717, 1.165) is 12.0 Å². The molecule has 4 nitrogen and oxygen atoms in total. The third-order valence-electron chi connectivity index (χ3n) is 4.74. The van der Waals surface area contributed by atoms with Gasteiger partial charge < -0.3 is 10.2 Å². The van der Waals surface area contributed by atoms with E-state index in [4.69, 9.17) is 5.11 Å². The number of carbonyl (C=O) groups is 2. The number of aliphatic carboxylic acids is 1. The molecular formula is C15H20O4. The molecular weight excluding hydrogens is 244 g/mol. The number of hydrogen-bond acceptors (Lipinski definition) is 3. The highest BCUT2D eigenvalue weighted by Crippen LogP contribution is 2.49. The first-order valence-electron chi connectivity index (χ1n) is 6.67. The molecule has 104 valence electrons. The van der Waals surface area contributed by atoms with Crippen LogP contribution in [0.2, 0.25) is 0 Å². The quantitative estimate of drug-likeness (QED) is 0.799. The van der Waals surface area contributed by atoms with Crippen LogP contribution in [0.3, 0.4) is 0 Å². The molecule has 19 heavy (non-hydrogen) atoms. The average Bonchev–Trinajstić information content (AvgIpc) is 2.35. The third kappa shape index (κ3) is 2.14. The van der Waals surface area contributed by atoms with Crippen LogP contribution in [0, 0.1) is 17.3 Å². The van der Waals surface area contributed by atoms with Crippen molar-refractivity contribution in [2.24, 2.45) is 17.3 Å². The fourth-order valence-corrected chi connectivity index (χ4v) is 3.07. The number of carboxylic acid groups (broad SMARTS) is 1. The number of aliphatic hydroxyl groups is 1. The Morgan fingerprint density at radius 2 is 2.11 bits per heavy atom. The lowest BCUT2D eigenvalue weighted by Gasteiger charge is -2.44. The van der Waals surface area contributed by atoms with Crippen molar-refractivity contribution < 1.29 is 19.8 Å². The fraction of sp³-hybridized carbons (Fsp3) is 0.600. The largest absolute Gasteiger partial charge is 0.481 e. The van der Waals surface area contributed by atoms with Gasteiger partial charge in [0, 0.05) is 11.0 Å². The number of carboxylic acids is 1. The van der Waals surface area contributed by atoms with E-state index in [1.54, 1.807) is 6.08 Å². The van der Waals surface area contributed by atoms with Gasteiger partial charge >= 0.3 is 5.97 Å². The van der Waals surface area contributed by atoms with E-state index in [-0.39, 0.29) is 11.7 Å². The summed E-state index contributed by atoms with van der Waals surface area (Å²) in [5.74, 6) is -1.81. The Labute approximate surface area is 112 Å². The van der Waals surface area contributed by atoms with Gasteiger partial charge in [-0.25, -0.2) is 0 Å². The average molecular weight is 264 g/mol. The van der Waals surface area contributed by atoms with Crippen molar-refractivity contribution in [2.75, 3.05) is 0 Å². The molecule has 0 aliphatic heterocycles. The van der Waals surface area contributed by atoms with Gasteiger partial charge in [-0.3, -0.25) is 9.59 Å². The van der Waals surface area contributed by atoms with Crippen LogP contribution in [0.4, 0.5) is 0 Å². The number of ketones is 1.